The average Bonchev–Trinajstić information content (AvgIpc) is 2.57. The first-order chi connectivity index (χ1) is 12.1. The van der Waals surface area contributed by atoms with Crippen molar-refractivity contribution in [2.45, 2.75) is 117 Å². The SMILES string of the molecule is CCCCCCCCCOC(=O)CCCC(=O)OC(CCC)CCC. The van der Waals surface area contributed by atoms with Gasteiger partial charge in [-0.3, -0.25) is 9.59 Å². The molecule has 25 heavy (non-hydrogen) atoms. The second-order valence-corrected chi connectivity index (χ2v) is 6.88. The Balaban J connectivity index is 3.57. The molecule has 0 aromatic rings. The Morgan fingerprint density at radius 3 is 1.84 bits per heavy atom. The predicted molar refractivity (Wildman–Crippen MR) is 102 cm³/mol. The van der Waals surface area contributed by atoms with E-state index in [1.807, 2.05) is 0 Å². The second-order valence-electron chi connectivity index (χ2n) is 6.88. The van der Waals surface area contributed by atoms with Crippen LogP contribution in [0.3, 0.4) is 0 Å². The summed E-state index contributed by atoms with van der Waals surface area (Å²) in [5.74, 6) is -0.385. The van der Waals surface area contributed by atoms with Gasteiger partial charge in [0.2, 0.25) is 0 Å². The van der Waals surface area contributed by atoms with Crippen LogP contribution in [0.4, 0.5) is 0 Å². The van der Waals surface area contributed by atoms with Gasteiger partial charge in [-0.25, -0.2) is 0 Å². The zero-order valence-corrected chi connectivity index (χ0v) is 16.8. The standard InChI is InChI=1S/C21H40O4/c1-4-7-8-9-10-11-12-18-24-20(22)16-13-17-21(23)25-19(14-5-2)15-6-3/h19H,4-18H2,1-3H3. The van der Waals surface area contributed by atoms with Gasteiger partial charge in [-0.15, -0.1) is 0 Å². The molecule has 0 N–H and O–H groups in total. The molecule has 0 rings (SSSR count). The molecule has 0 bridgehead atoms. The first kappa shape index (κ1) is 23.9. The molecule has 0 radical (unpaired) electrons. The third-order valence-corrected chi connectivity index (χ3v) is 4.29. The van der Waals surface area contributed by atoms with Crippen LogP contribution >= 0.6 is 0 Å². The zero-order valence-electron chi connectivity index (χ0n) is 16.8. The summed E-state index contributed by atoms with van der Waals surface area (Å²) in [7, 11) is 0. The molecule has 0 saturated carbocycles. The molecule has 4 nitrogen and oxygen atoms in total. The summed E-state index contributed by atoms with van der Waals surface area (Å²) in [6.07, 6.45) is 13.5. The first-order valence-corrected chi connectivity index (χ1v) is 10.5. The summed E-state index contributed by atoms with van der Waals surface area (Å²) in [5, 5.41) is 0. The number of hydrogen-bond acceptors (Lipinski definition) is 4. The van der Waals surface area contributed by atoms with E-state index in [2.05, 4.69) is 20.8 Å². The number of hydrogen-bond donors (Lipinski definition) is 0. The van der Waals surface area contributed by atoms with Crippen LogP contribution in [0.5, 0.6) is 0 Å². The number of carbonyl (C=O) groups excluding carboxylic acids is 2. The Morgan fingerprint density at radius 2 is 1.24 bits per heavy atom. The van der Waals surface area contributed by atoms with Crippen LogP contribution in [-0.2, 0) is 19.1 Å². The van der Waals surface area contributed by atoms with Crippen LogP contribution in [0.1, 0.15) is 111 Å². The van der Waals surface area contributed by atoms with Gasteiger partial charge in [0, 0.05) is 12.8 Å². The van der Waals surface area contributed by atoms with Gasteiger partial charge in [-0.1, -0.05) is 72.1 Å². The highest BCUT2D eigenvalue weighted by Gasteiger charge is 2.13. The molecule has 0 aliphatic carbocycles. The Kier molecular flexibility index (Phi) is 17.0. The average molecular weight is 357 g/mol. The number of ether oxygens (including phenoxy) is 2. The maximum Gasteiger partial charge on any atom is 0.306 e. The van der Waals surface area contributed by atoms with Crippen LogP contribution in [0.15, 0.2) is 0 Å². The molecule has 0 fully saturated rings. The van der Waals surface area contributed by atoms with Crippen molar-refractivity contribution in [2.24, 2.45) is 0 Å². The van der Waals surface area contributed by atoms with Gasteiger partial charge >= 0.3 is 11.9 Å². The highest BCUT2D eigenvalue weighted by atomic mass is 16.5. The Labute approximate surface area is 155 Å². The van der Waals surface area contributed by atoms with E-state index in [0.717, 1.165) is 38.5 Å². The van der Waals surface area contributed by atoms with E-state index in [-0.39, 0.29) is 18.0 Å². The van der Waals surface area contributed by atoms with E-state index in [1.54, 1.807) is 0 Å². The van der Waals surface area contributed by atoms with Crippen molar-refractivity contribution >= 4 is 11.9 Å². The maximum atomic E-state index is 11.8. The van der Waals surface area contributed by atoms with Crippen molar-refractivity contribution in [3.63, 3.8) is 0 Å². The van der Waals surface area contributed by atoms with E-state index in [4.69, 9.17) is 9.47 Å². The molecule has 0 unspecified atom stereocenters. The summed E-state index contributed by atoms with van der Waals surface area (Å²) >= 11 is 0. The fraction of sp³-hybridized carbons (Fsp3) is 0.905. The van der Waals surface area contributed by atoms with E-state index >= 15 is 0 Å². The van der Waals surface area contributed by atoms with Gasteiger partial charge in [0.1, 0.15) is 6.10 Å². The largest absolute Gasteiger partial charge is 0.466 e. The lowest BCUT2D eigenvalue weighted by Gasteiger charge is -2.16. The van der Waals surface area contributed by atoms with Crippen LogP contribution in [0.25, 0.3) is 0 Å². The van der Waals surface area contributed by atoms with Crippen molar-refractivity contribution in [2.75, 3.05) is 6.61 Å². The summed E-state index contributed by atoms with van der Waals surface area (Å²) < 4.78 is 10.7. The van der Waals surface area contributed by atoms with Crippen molar-refractivity contribution < 1.29 is 19.1 Å². The van der Waals surface area contributed by atoms with E-state index in [0.29, 0.717) is 25.9 Å². The van der Waals surface area contributed by atoms with Gasteiger partial charge in [0.25, 0.3) is 0 Å². The van der Waals surface area contributed by atoms with Crippen LogP contribution in [0.2, 0.25) is 0 Å². The van der Waals surface area contributed by atoms with Gasteiger partial charge in [0.15, 0.2) is 0 Å². The lowest BCUT2D eigenvalue weighted by Crippen LogP contribution is -2.18. The first-order valence-electron chi connectivity index (χ1n) is 10.5. The summed E-state index contributed by atoms with van der Waals surface area (Å²) in [5.41, 5.74) is 0. The Bertz CT molecular complexity index is 322. The van der Waals surface area contributed by atoms with E-state index in [9.17, 15) is 9.59 Å². The smallest absolute Gasteiger partial charge is 0.306 e. The molecule has 4 heteroatoms. The fourth-order valence-corrected chi connectivity index (χ4v) is 2.85. The van der Waals surface area contributed by atoms with Crippen molar-refractivity contribution in [3.8, 4) is 0 Å². The minimum Gasteiger partial charge on any atom is -0.466 e. The van der Waals surface area contributed by atoms with E-state index < -0.39 is 0 Å². The number of esters is 2. The molecule has 0 spiro atoms. The minimum absolute atomic E-state index is 0.0341. The Morgan fingerprint density at radius 1 is 0.680 bits per heavy atom. The molecular formula is C21H40O4. The lowest BCUT2D eigenvalue weighted by atomic mass is 10.1. The van der Waals surface area contributed by atoms with Crippen molar-refractivity contribution in [1.29, 1.82) is 0 Å². The predicted octanol–water partition coefficient (Wildman–Crippen LogP) is 5.96. The molecule has 0 atom stereocenters. The monoisotopic (exact) mass is 356 g/mol. The van der Waals surface area contributed by atoms with E-state index in [1.165, 1.54) is 32.1 Å². The van der Waals surface area contributed by atoms with Crippen molar-refractivity contribution in [1.82, 2.24) is 0 Å². The normalized spacial score (nSPS) is 10.9. The number of unbranched alkanes of at least 4 members (excludes halogenated alkanes) is 6. The third kappa shape index (κ3) is 16.2. The zero-order chi connectivity index (χ0) is 18.8. The molecule has 0 aromatic carbocycles. The van der Waals surface area contributed by atoms with Crippen LogP contribution < -0.4 is 0 Å². The third-order valence-electron chi connectivity index (χ3n) is 4.29. The molecule has 0 aromatic heterocycles. The molecule has 148 valence electrons. The second kappa shape index (κ2) is 17.8. The van der Waals surface area contributed by atoms with Gasteiger partial charge in [-0.2, -0.15) is 0 Å². The summed E-state index contributed by atoms with van der Waals surface area (Å²) in [4.78, 5) is 23.5. The number of carbonyl (C=O) groups is 2. The Hall–Kier alpha value is -1.06. The summed E-state index contributed by atoms with van der Waals surface area (Å²) in [6, 6.07) is 0. The fourth-order valence-electron chi connectivity index (χ4n) is 2.85. The lowest BCUT2D eigenvalue weighted by molar-refractivity contribution is -0.150. The van der Waals surface area contributed by atoms with Gasteiger partial charge in [-0.05, 0) is 25.7 Å². The molecule has 0 aliphatic heterocycles. The van der Waals surface area contributed by atoms with Gasteiger partial charge < -0.3 is 9.47 Å². The van der Waals surface area contributed by atoms with Gasteiger partial charge in [0.05, 0.1) is 6.61 Å². The topological polar surface area (TPSA) is 52.6 Å². The molecule has 0 heterocycles. The number of rotatable bonds is 17. The van der Waals surface area contributed by atoms with Crippen LogP contribution in [-0.4, -0.2) is 24.6 Å². The molecule has 0 saturated heterocycles. The maximum absolute atomic E-state index is 11.8. The molecule has 0 aliphatic rings. The highest BCUT2D eigenvalue weighted by Crippen LogP contribution is 2.12. The molecule has 0 amide bonds. The van der Waals surface area contributed by atoms with Crippen LogP contribution in [0, 0.1) is 0 Å². The van der Waals surface area contributed by atoms with Crippen molar-refractivity contribution in [3.05, 3.63) is 0 Å². The molecular weight excluding hydrogens is 316 g/mol. The summed E-state index contributed by atoms with van der Waals surface area (Å²) in [6.45, 7) is 6.91. The quantitative estimate of drug-likeness (QED) is 0.238. The highest BCUT2D eigenvalue weighted by molar-refractivity contribution is 5.72. The minimum atomic E-state index is -0.197.